The Bertz CT molecular complexity index is 987. The number of benzene rings is 3. The Morgan fingerprint density at radius 3 is 2.30 bits per heavy atom. The first-order valence-electron chi connectivity index (χ1n) is 10.1. The molecule has 3 aromatic rings. The molecule has 5 heteroatoms. The molecule has 0 fully saturated rings. The SMILES string of the molecule is CN(C)CCOc1cccc(CNC(=O)C2c3ccccc3Oc3ccccc32)c1. The Hall–Kier alpha value is -3.31. The van der Waals surface area contributed by atoms with Crippen LogP contribution in [0.3, 0.4) is 0 Å². The van der Waals surface area contributed by atoms with Gasteiger partial charge in [0.1, 0.15) is 23.9 Å². The molecule has 3 aromatic carbocycles. The van der Waals surface area contributed by atoms with E-state index >= 15 is 0 Å². The van der Waals surface area contributed by atoms with Gasteiger partial charge in [-0.3, -0.25) is 4.79 Å². The first-order chi connectivity index (χ1) is 14.6. The van der Waals surface area contributed by atoms with Crippen LogP contribution in [0.15, 0.2) is 72.8 Å². The topological polar surface area (TPSA) is 50.8 Å². The van der Waals surface area contributed by atoms with Crippen LogP contribution >= 0.6 is 0 Å². The molecule has 0 atom stereocenters. The number of nitrogens with zero attached hydrogens (tertiary/aromatic N) is 1. The standard InChI is InChI=1S/C25H26N2O3/c1-27(2)14-15-29-19-9-7-8-18(16-19)17-26-25(28)24-20-10-3-5-12-22(20)30-23-13-6-4-11-21(23)24/h3-13,16,24H,14-15,17H2,1-2H3,(H,26,28). The van der Waals surface area contributed by atoms with E-state index in [1.807, 2.05) is 86.9 Å². The van der Waals surface area contributed by atoms with Crippen LogP contribution in [0.4, 0.5) is 0 Å². The van der Waals surface area contributed by atoms with Crippen molar-refractivity contribution in [1.29, 1.82) is 0 Å². The fourth-order valence-electron chi connectivity index (χ4n) is 3.57. The van der Waals surface area contributed by atoms with Gasteiger partial charge in [0.2, 0.25) is 5.91 Å². The molecule has 30 heavy (non-hydrogen) atoms. The maximum atomic E-state index is 13.2. The number of amides is 1. The van der Waals surface area contributed by atoms with Crippen molar-refractivity contribution in [3.8, 4) is 17.2 Å². The average molecular weight is 402 g/mol. The number of nitrogens with one attached hydrogen (secondary N) is 1. The lowest BCUT2D eigenvalue weighted by atomic mass is 9.87. The second kappa shape index (κ2) is 9.01. The molecule has 1 aliphatic heterocycles. The Balaban J connectivity index is 1.48. The summed E-state index contributed by atoms with van der Waals surface area (Å²) in [5.74, 6) is 1.83. The predicted octanol–water partition coefficient (Wildman–Crippen LogP) is 4.18. The van der Waals surface area contributed by atoms with Crippen molar-refractivity contribution in [3.05, 3.63) is 89.5 Å². The minimum atomic E-state index is -0.398. The Morgan fingerprint density at radius 2 is 1.63 bits per heavy atom. The van der Waals surface area contributed by atoms with Gasteiger partial charge < -0.3 is 19.7 Å². The molecule has 0 radical (unpaired) electrons. The van der Waals surface area contributed by atoms with Crippen molar-refractivity contribution in [2.75, 3.05) is 27.2 Å². The molecule has 1 heterocycles. The fraction of sp³-hybridized carbons (Fsp3) is 0.240. The van der Waals surface area contributed by atoms with E-state index in [9.17, 15) is 4.79 Å². The Labute approximate surface area is 177 Å². The molecule has 1 aliphatic rings. The van der Waals surface area contributed by atoms with Crippen LogP contribution in [0.25, 0.3) is 0 Å². The van der Waals surface area contributed by atoms with Gasteiger partial charge in [0, 0.05) is 24.2 Å². The van der Waals surface area contributed by atoms with Crippen molar-refractivity contribution in [1.82, 2.24) is 10.2 Å². The summed E-state index contributed by atoms with van der Waals surface area (Å²) in [5.41, 5.74) is 2.77. The van der Waals surface area contributed by atoms with E-state index in [0.29, 0.717) is 13.2 Å². The van der Waals surface area contributed by atoms with Gasteiger partial charge in [0.15, 0.2) is 0 Å². The van der Waals surface area contributed by atoms with Gasteiger partial charge in [-0.25, -0.2) is 0 Å². The highest BCUT2D eigenvalue weighted by molar-refractivity contribution is 5.89. The quantitative estimate of drug-likeness (QED) is 0.644. The summed E-state index contributed by atoms with van der Waals surface area (Å²) in [6, 6.07) is 23.3. The zero-order valence-corrected chi connectivity index (χ0v) is 17.3. The highest BCUT2D eigenvalue weighted by Gasteiger charge is 2.32. The lowest BCUT2D eigenvalue weighted by molar-refractivity contribution is -0.122. The molecular weight excluding hydrogens is 376 g/mol. The van der Waals surface area contributed by atoms with E-state index in [1.54, 1.807) is 0 Å². The third kappa shape index (κ3) is 4.47. The maximum Gasteiger partial charge on any atom is 0.232 e. The molecule has 5 nitrogen and oxygen atoms in total. The molecule has 154 valence electrons. The molecule has 0 spiro atoms. The van der Waals surface area contributed by atoms with Crippen LogP contribution in [-0.4, -0.2) is 38.1 Å². The number of carbonyl (C=O) groups excluding carboxylic acids is 1. The summed E-state index contributed by atoms with van der Waals surface area (Å²) < 4.78 is 11.8. The highest BCUT2D eigenvalue weighted by Crippen LogP contribution is 2.43. The summed E-state index contributed by atoms with van der Waals surface area (Å²) in [7, 11) is 4.03. The molecular formula is C25H26N2O3. The lowest BCUT2D eigenvalue weighted by Crippen LogP contribution is -2.31. The van der Waals surface area contributed by atoms with Gasteiger partial charge in [-0.2, -0.15) is 0 Å². The Kier molecular flexibility index (Phi) is 6.00. The van der Waals surface area contributed by atoms with E-state index in [-0.39, 0.29) is 5.91 Å². The molecule has 4 rings (SSSR count). The number of ether oxygens (including phenoxy) is 2. The van der Waals surface area contributed by atoms with Crippen molar-refractivity contribution >= 4 is 5.91 Å². The fourth-order valence-corrected chi connectivity index (χ4v) is 3.57. The number of hydrogen-bond acceptors (Lipinski definition) is 4. The van der Waals surface area contributed by atoms with Gasteiger partial charge in [-0.05, 0) is 43.9 Å². The van der Waals surface area contributed by atoms with Gasteiger partial charge in [0.05, 0.1) is 5.92 Å². The van der Waals surface area contributed by atoms with Crippen LogP contribution in [-0.2, 0) is 11.3 Å². The maximum absolute atomic E-state index is 13.2. The zero-order chi connectivity index (χ0) is 20.9. The number of carbonyl (C=O) groups is 1. The Morgan fingerprint density at radius 1 is 0.967 bits per heavy atom. The number of rotatable bonds is 7. The lowest BCUT2D eigenvalue weighted by Gasteiger charge is -2.27. The minimum absolute atomic E-state index is 0.0443. The average Bonchev–Trinajstić information content (AvgIpc) is 2.76. The normalized spacial score (nSPS) is 12.6. The number of para-hydroxylation sites is 2. The largest absolute Gasteiger partial charge is 0.492 e. The van der Waals surface area contributed by atoms with Crippen LogP contribution in [0.5, 0.6) is 17.2 Å². The molecule has 0 unspecified atom stereocenters. The van der Waals surface area contributed by atoms with E-state index in [1.165, 1.54) is 0 Å². The molecule has 0 saturated carbocycles. The first kappa shape index (κ1) is 20.0. The van der Waals surface area contributed by atoms with Crippen molar-refractivity contribution in [2.24, 2.45) is 0 Å². The number of hydrogen-bond donors (Lipinski definition) is 1. The molecule has 0 aliphatic carbocycles. The second-order valence-corrected chi connectivity index (χ2v) is 7.63. The van der Waals surface area contributed by atoms with E-state index in [4.69, 9.17) is 9.47 Å². The second-order valence-electron chi connectivity index (χ2n) is 7.63. The summed E-state index contributed by atoms with van der Waals surface area (Å²) in [6.45, 7) is 1.91. The minimum Gasteiger partial charge on any atom is -0.492 e. The van der Waals surface area contributed by atoms with E-state index in [2.05, 4.69) is 10.2 Å². The summed E-state index contributed by atoms with van der Waals surface area (Å²) in [4.78, 5) is 15.3. The van der Waals surface area contributed by atoms with Crippen LogP contribution < -0.4 is 14.8 Å². The monoisotopic (exact) mass is 402 g/mol. The van der Waals surface area contributed by atoms with E-state index in [0.717, 1.165) is 40.5 Å². The van der Waals surface area contributed by atoms with Crippen LogP contribution in [0.2, 0.25) is 0 Å². The van der Waals surface area contributed by atoms with Crippen molar-refractivity contribution in [3.63, 3.8) is 0 Å². The van der Waals surface area contributed by atoms with Gasteiger partial charge in [-0.15, -0.1) is 0 Å². The molecule has 1 amide bonds. The molecule has 1 N–H and O–H groups in total. The summed E-state index contributed by atoms with van der Waals surface area (Å²) in [5, 5.41) is 3.09. The summed E-state index contributed by atoms with van der Waals surface area (Å²) in [6.07, 6.45) is 0. The zero-order valence-electron chi connectivity index (χ0n) is 17.3. The third-order valence-electron chi connectivity index (χ3n) is 5.11. The van der Waals surface area contributed by atoms with Gasteiger partial charge >= 0.3 is 0 Å². The van der Waals surface area contributed by atoms with Gasteiger partial charge in [-0.1, -0.05) is 48.5 Å². The van der Waals surface area contributed by atoms with Gasteiger partial charge in [0.25, 0.3) is 0 Å². The van der Waals surface area contributed by atoms with E-state index < -0.39 is 5.92 Å². The molecule has 0 aromatic heterocycles. The predicted molar refractivity (Wildman–Crippen MR) is 117 cm³/mol. The highest BCUT2D eigenvalue weighted by atomic mass is 16.5. The van der Waals surface area contributed by atoms with Crippen LogP contribution in [0, 0.1) is 0 Å². The van der Waals surface area contributed by atoms with Crippen LogP contribution in [0.1, 0.15) is 22.6 Å². The smallest absolute Gasteiger partial charge is 0.232 e. The number of likely N-dealkylation sites (N-methyl/N-ethyl adjacent to an activating group) is 1. The molecule has 0 saturated heterocycles. The first-order valence-corrected chi connectivity index (χ1v) is 10.1. The van der Waals surface area contributed by atoms with Crippen molar-refractivity contribution in [2.45, 2.75) is 12.5 Å². The number of fused-ring (bicyclic) bond motifs is 2. The molecule has 0 bridgehead atoms. The van der Waals surface area contributed by atoms with Crippen molar-refractivity contribution < 1.29 is 14.3 Å². The summed E-state index contributed by atoms with van der Waals surface area (Å²) >= 11 is 0. The third-order valence-corrected chi connectivity index (χ3v) is 5.11.